The average Bonchev–Trinajstić information content (AvgIpc) is 2.68. The molecular weight excluding hydrogens is 262 g/mol. The third-order valence-corrected chi connectivity index (χ3v) is 3.28. The highest BCUT2D eigenvalue weighted by molar-refractivity contribution is 7.80. The molecule has 2 atom stereocenters. The lowest BCUT2D eigenvalue weighted by molar-refractivity contribution is -0.144. The molecule has 0 aliphatic carbocycles. The molecule has 0 amide bonds. The van der Waals surface area contributed by atoms with E-state index in [-0.39, 0.29) is 23.1 Å². The summed E-state index contributed by atoms with van der Waals surface area (Å²) in [5.74, 6) is -0.185. The summed E-state index contributed by atoms with van der Waals surface area (Å²) < 4.78 is 5.38. The Morgan fingerprint density at radius 3 is 2.95 bits per heavy atom. The van der Waals surface area contributed by atoms with E-state index in [4.69, 9.17) is 10.5 Å². The van der Waals surface area contributed by atoms with E-state index >= 15 is 0 Å². The number of hydrazone groups is 1. The summed E-state index contributed by atoms with van der Waals surface area (Å²) in [6, 6.07) is 0. The molecule has 0 aromatic heterocycles. The van der Waals surface area contributed by atoms with E-state index in [1.165, 1.54) is 12.8 Å². The number of hydrogen-bond donors (Lipinski definition) is 2. The number of hydrogen-bond acceptors (Lipinski definition) is 4. The number of ether oxygens (including phenoxy) is 1. The molecule has 1 saturated heterocycles. The van der Waals surface area contributed by atoms with Gasteiger partial charge in [-0.3, -0.25) is 10.2 Å². The van der Waals surface area contributed by atoms with E-state index in [2.05, 4.69) is 29.7 Å². The molecule has 0 radical (unpaired) electrons. The number of carbonyl (C=O) groups is 1. The Morgan fingerprint density at radius 2 is 2.32 bits per heavy atom. The number of esters is 1. The van der Waals surface area contributed by atoms with Gasteiger partial charge < -0.3 is 10.5 Å². The van der Waals surface area contributed by atoms with Gasteiger partial charge in [-0.25, -0.2) is 0 Å². The van der Waals surface area contributed by atoms with Crippen LogP contribution in [0.3, 0.4) is 0 Å². The van der Waals surface area contributed by atoms with Crippen LogP contribution in [0.5, 0.6) is 0 Å². The number of cyclic esters (lactones) is 1. The molecular formula is C13H23N3O2S. The summed E-state index contributed by atoms with van der Waals surface area (Å²) >= 11 is 4.67. The standard InChI is InChI=1S/C13H23N3O2S/c1-3-4-5-6-11-8-10(12(17)18-11)7-9(2)15-16-13(14)19/h10-11H,3-8H2,1-2H3,(H3,14,16,19)/b15-9+/t10-,11-/m0/s1. The molecule has 0 bridgehead atoms. The van der Waals surface area contributed by atoms with E-state index in [0.717, 1.165) is 25.0 Å². The van der Waals surface area contributed by atoms with Crippen molar-refractivity contribution in [1.29, 1.82) is 0 Å². The SMILES string of the molecule is CCCCC[C@H]1C[C@H](C/C(C)=N/NC(N)=S)C(=O)O1. The number of nitrogens with two attached hydrogens (primary N) is 1. The summed E-state index contributed by atoms with van der Waals surface area (Å²) in [5, 5.41) is 4.15. The van der Waals surface area contributed by atoms with E-state index in [9.17, 15) is 4.79 Å². The minimum atomic E-state index is -0.105. The maximum absolute atomic E-state index is 11.7. The zero-order valence-electron chi connectivity index (χ0n) is 11.6. The van der Waals surface area contributed by atoms with Crippen molar-refractivity contribution in [2.45, 2.75) is 58.5 Å². The molecule has 0 aromatic carbocycles. The highest BCUT2D eigenvalue weighted by Crippen LogP contribution is 2.27. The summed E-state index contributed by atoms with van der Waals surface area (Å²) in [6.45, 7) is 4.02. The molecule has 0 saturated carbocycles. The molecule has 1 aliphatic rings. The molecule has 108 valence electrons. The van der Waals surface area contributed by atoms with Crippen molar-refractivity contribution in [3.63, 3.8) is 0 Å². The van der Waals surface area contributed by atoms with Gasteiger partial charge in [-0.05, 0) is 38.4 Å². The van der Waals surface area contributed by atoms with Crippen LogP contribution < -0.4 is 11.2 Å². The van der Waals surface area contributed by atoms with Gasteiger partial charge in [0.1, 0.15) is 6.10 Å². The number of nitrogens with zero attached hydrogens (tertiary/aromatic N) is 1. The number of carbonyl (C=O) groups excluding carboxylic acids is 1. The van der Waals surface area contributed by atoms with Crippen LogP contribution in [0.15, 0.2) is 5.10 Å². The van der Waals surface area contributed by atoms with Crippen LogP contribution >= 0.6 is 12.2 Å². The predicted octanol–water partition coefficient (Wildman–Crippen LogP) is 2.10. The van der Waals surface area contributed by atoms with Crippen molar-refractivity contribution in [3.8, 4) is 0 Å². The Kier molecular flexibility index (Phi) is 6.77. The van der Waals surface area contributed by atoms with Crippen LogP contribution in [0.2, 0.25) is 0 Å². The first-order valence-electron chi connectivity index (χ1n) is 6.82. The summed E-state index contributed by atoms with van der Waals surface area (Å²) in [7, 11) is 0. The Morgan fingerprint density at radius 1 is 1.58 bits per heavy atom. The largest absolute Gasteiger partial charge is 0.462 e. The van der Waals surface area contributed by atoms with Crippen molar-refractivity contribution < 1.29 is 9.53 Å². The normalized spacial score (nSPS) is 23.3. The van der Waals surface area contributed by atoms with Gasteiger partial charge in [0.25, 0.3) is 0 Å². The number of nitrogens with one attached hydrogen (secondary N) is 1. The Labute approximate surface area is 120 Å². The van der Waals surface area contributed by atoms with Crippen molar-refractivity contribution in [2.75, 3.05) is 0 Å². The Hall–Kier alpha value is -1.17. The van der Waals surface area contributed by atoms with Gasteiger partial charge >= 0.3 is 5.97 Å². The fraction of sp³-hybridized carbons (Fsp3) is 0.769. The minimum absolute atomic E-state index is 0.0801. The summed E-state index contributed by atoms with van der Waals surface area (Å²) in [6.07, 6.45) is 5.94. The highest BCUT2D eigenvalue weighted by Gasteiger charge is 2.34. The van der Waals surface area contributed by atoms with Crippen LogP contribution in [0.1, 0.15) is 52.4 Å². The molecule has 1 aliphatic heterocycles. The highest BCUT2D eigenvalue weighted by atomic mass is 32.1. The smallest absolute Gasteiger partial charge is 0.309 e. The molecule has 0 unspecified atom stereocenters. The lowest BCUT2D eigenvalue weighted by Gasteiger charge is -2.07. The minimum Gasteiger partial charge on any atom is -0.462 e. The molecule has 5 nitrogen and oxygen atoms in total. The molecule has 0 aromatic rings. The first-order valence-corrected chi connectivity index (χ1v) is 7.22. The summed E-state index contributed by atoms with van der Waals surface area (Å²) in [5.41, 5.74) is 8.63. The average molecular weight is 285 g/mol. The summed E-state index contributed by atoms with van der Waals surface area (Å²) in [4.78, 5) is 11.7. The number of thiocarbonyl (C=S) groups is 1. The second-order valence-electron chi connectivity index (χ2n) is 5.01. The maximum Gasteiger partial charge on any atom is 0.309 e. The van der Waals surface area contributed by atoms with Gasteiger partial charge in [-0.1, -0.05) is 19.8 Å². The van der Waals surface area contributed by atoms with Gasteiger partial charge in [-0.15, -0.1) is 0 Å². The monoisotopic (exact) mass is 285 g/mol. The second-order valence-corrected chi connectivity index (χ2v) is 5.45. The quantitative estimate of drug-likeness (QED) is 0.246. The van der Waals surface area contributed by atoms with Crippen molar-refractivity contribution in [1.82, 2.24) is 5.43 Å². The van der Waals surface area contributed by atoms with Crippen LogP contribution in [0.4, 0.5) is 0 Å². The lowest BCUT2D eigenvalue weighted by Crippen LogP contribution is -2.25. The topological polar surface area (TPSA) is 76.7 Å². The third kappa shape index (κ3) is 6.00. The molecule has 1 rings (SSSR count). The lowest BCUT2D eigenvalue weighted by atomic mass is 9.97. The zero-order chi connectivity index (χ0) is 14.3. The van der Waals surface area contributed by atoms with Crippen molar-refractivity contribution >= 4 is 29.0 Å². The van der Waals surface area contributed by atoms with Crippen molar-refractivity contribution in [3.05, 3.63) is 0 Å². The molecule has 1 fully saturated rings. The molecule has 6 heteroatoms. The first kappa shape index (κ1) is 15.9. The number of rotatable bonds is 7. The Bertz CT molecular complexity index is 358. The number of unbranched alkanes of at least 4 members (excludes halogenated alkanes) is 2. The second kappa shape index (κ2) is 8.09. The first-order chi connectivity index (χ1) is 9.02. The van der Waals surface area contributed by atoms with E-state index in [1.54, 1.807) is 0 Å². The Balaban J connectivity index is 2.36. The van der Waals surface area contributed by atoms with Gasteiger partial charge in [-0.2, -0.15) is 5.10 Å². The predicted molar refractivity (Wildman–Crippen MR) is 79.8 cm³/mol. The van der Waals surface area contributed by atoms with Gasteiger partial charge in [0.2, 0.25) is 0 Å². The molecule has 19 heavy (non-hydrogen) atoms. The van der Waals surface area contributed by atoms with Crippen molar-refractivity contribution in [2.24, 2.45) is 16.8 Å². The van der Waals surface area contributed by atoms with E-state index in [0.29, 0.717) is 6.42 Å². The third-order valence-electron chi connectivity index (χ3n) is 3.19. The van der Waals surface area contributed by atoms with Crippen LogP contribution in [0, 0.1) is 5.92 Å². The van der Waals surface area contributed by atoms with Crippen LogP contribution in [0.25, 0.3) is 0 Å². The fourth-order valence-corrected chi connectivity index (χ4v) is 2.29. The zero-order valence-corrected chi connectivity index (χ0v) is 12.5. The van der Waals surface area contributed by atoms with E-state index < -0.39 is 0 Å². The van der Waals surface area contributed by atoms with Gasteiger partial charge in [0, 0.05) is 12.1 Å². The molecule has 1 heterocycles. The van der Waals surface area contributed by atoms with E-state index in [1.807, 2.05) is 6.92 Å². The fourth-order valence-electron chi connectivity index (χ4n) is 2.24. The van der Waals surface area contributed by atoms with Gasteiger partial charge in [0.05, 0.1) is 5.92 Å². The maximum atomic E-state index is 11.7. The molecule has 0 spiro atoms. The molecule has 3 N–H and O–H groups in total. The van der Waals surface area contributed by atoms with Crippen LogP contribution in [-0.4, -0.2) is 22.9 Å². The van der Waals surface area contributed by atoms with Gasteiger partial charge in [0.15, 0.2) is 5.11 Å². The van der Waals surface area contributed by atoms with Crippen LogP contribution in [-0.2, 0) is 9.53 Å².